The third-order valence-electron chi connectivity index (χ3n) is 3.39. The molecule has 0 radical (unpaired) electrons. The Labute approximate surface area is 127 Å². The lowest BCUT2D eigenvalue weighted by Crippen LogP contribution is -2.13. The van der Waals surface area contributed by atoms with Gasteiger partial charge in [-0.3, -0.25) is 0 Å². The van der Waals surface area contributed by atoms with Gasteiger partial charge >= 0.3 is 0 Å². The first-order valence-corrected chi connectivity index (χ1v) is 7.13. The van der Waals surface area contributed by atoms with E-state index < -0.39 is 0 Å². The molecule has 0 unspecified atom stereocenters. The Morgan fingerprint density at radius 2 is 1.86 bits per heavy atom. The maximum Gasteiger partial charge on any atom is 0.123 e. The number of aryl methyl sites for hydroxylation is 1. The van der Waals surface area contributed by atoms with Gasteiger partial charge in [0, 0.05) is 0 Å². The van der Waals surface area contributed by atoms with E-state index in [1.165, 1.54) is 11.1 Å². The average molecular weight is 279 g/mol. The van der Waals surface area contributed by atoms with E-state index in [4.69, 9.17) is 10.00 Å². The summed E-state index contributed by atoms with van der Waals surface area (Å²) in [6.07, 6.45) is 0. The zero-order valence-corrected chi connectivity index (χ0v) is 13.1. The summed E-state index contributed by atoms with van der Waals surface area (Å²) >= 11 is 0. The van der Waals surface area contributed by atoms with Gasteiger partial charge < -0.3 is 4.74 Å². The van der Waals surface area contributed by atoms with Crippen LogP contribution in [0.15, 0.2) is 42.5 Å². The molecule has 2 aromatic rings. The van der Waals surface area contributed by atoms with Crippen molar-refractivity contribution in [2.24, 2.45) is 0 Å². The van der Waals surface area contributed by atoms with Crippen LogP contribution in [0.2, 0.25) is 0 Å². The molecule has 0 heterocycles. The van der Waals surface area contributed by atoms with Crippen molar-refractivity contribution >= 4 is 0 Å². The van der Waals surface area contributed by atoms with Crippen molar-refractivity contribution in [2.45, 2.75) is 39.7 Å². The molecule has 2 nitrogen and oxygen atoms in total. The Balaban J connectivity index is 2.22. The summed E-state index contributed by atoms with van der Waals surface area (Å²) in [6.45, 7) is 9.12. The van der Waals surface area contributed by atoms with E-state index in [1.807, 2.05) is 24.3 Å². The number of hydrogen-bond donors (Lipinski definition) is 0. The quantitative estimate of drug-likeness (QED) is 0.812. The van der Waals surface area contributed by atoms with E-state index in [-0.39, 0.29) is 5.41 Å². The van der Waals surface area contributed by atoms with Crippen LogP contribution >= 0.6 is 0 Å². The SMILES string of the molecule is Cc1ccc(OCc2cccc(C#N)c2)c(C(C)(C)C)c1. The molecule has 0 fully saturated rings. The van der Waals surface area contributed by atoms with E-state index in [2.05, 4.69) is 45.9 Å². The molecule has 0 amide bonds. The van der Waals surface area contributed by atoms with Crippen LogP contribution in [0.4, 0.5) is 0 Å². The highest BCUT2D eigenvalue weighted by Gasteiger charge is 2.19. The van der Waals surface area contributed by atoms with Crippen LogP contribution in [0.1, 0.15) is 43.0 Å². The van der Waals surface area contributed by atoms with Gasteiger partial charge in [0.15, 0.2) is 0 Å². The number of benzene rings is 2. The summed E-state index contributed by atoms with van der Waals surface area (Å²) in [5.74, 6) is 0.912. The molecule has 0 saturated heterocycles. The Hall–Kier alpha value is -2.27. The molecular weight excluding hydrogens is 258 g/mol. The lowest BCUT2D eigenvalue weighted by molar-refractivity contribution is 0.297. The molecule has 0 aliphatic rings. The zero-order valence-electron chi connectivity index (χ0n) is 13.1. The van der Waals surface area contributed by atoms with Crippen molar-refractivity contribution in [1.82, 2.24) is 0 Å². The van der Waals surface area contributed by atoms with Crippen molar-refractivity contribution in [3.05, 3.63) is 64.7 Å². The van der Waals surface area contributed by atoms with Gasteiger partial charge in [-0.15, -0.1) is 0 Å². The highest BCUT2D eigenvalue weighted by molar-refractivity contribution is 5.41. The Bertz CT molecular complexity index is 675. The average Bonchev–Trinajstić information content (AvgIpc) is 2.45. The molecule has 108 valence electrons. The number of nitrogens with zero attached hydrogens (tertiary/aromatic N) is 1. The number of hydrogen-bond acceptors (Lipinski definition) is 2. The summed E-state index contributed by atoms with van der Waals surface area (Å²) in [7, 11) is 0. The predicted molar refractivity (Wildman–Crippen MR) is 85.4 cm³/mol. The molecule has 2 rings (SSSR count). The fourth-order valence-corrected chi connectivity index (χ4v) is 2.25. The lowest BCUT2D eigenvalue weighted by Gasteiger charge is -2.23. The largest absolute Gasteiger partial charge is 0.489 e. The zero-order chi connectivity index (χ0) is 15.5. The summed E-state index contributed by atoms with van der Waals surface area (Å²) in [6, 6.07) is 16.0. The highest BCUT2D eigenvalue weighted by Crippen LogP contribution is 2.32. The van der Waals surface area contributed by atoms with Crippen LogP contribution in [-0.4, -0.2) is 0 Å². The van der Waals surface area contributed by atoms with Gasteiger partial charge in [-0.2, -0.15) is 5.26 Å². The minimum absolute atomic E-state index is 0.0376. The van der Waals surface area contributed by atoms with E-state index >= 15 is 0 Å². The van der Waals surface area contributed by atoms with Crippen molar-refractivity contribution in [3.8, 4) is 11.8 Å². The van der Waals surface area contributed by atoms with Gasteiger partial charge in [-0.1, -0.05) is 50.6 Å². The lowest BCUT2D eigenvalue weighted by atomic mass is 9.85. The van der Waals surface area contributed by atoms with Crippen LogP contribution in [0.3, 0.4) is 0 Å². The van der Waals surface area contributed by atoms with Crippen molar-refractivity contribution < 1.29 is 4.74 Å². The molecule has 0 spiro atoms. The van der Waals surface area contributed by atoms with Gasteiger partial charge in [0.05, 0.1) is 11.6 Å². The van der Waals surface area contributed by atoms with Crippen LogP contribution in [-0.2, 0) is 12.0 Å². The summed E-state index contributed by atoms with van der Waals surface area (Å²) in [5.41, 5.74) is 4.15. The fraction of sp³-hybridized carbons (Fsp3) is 0.316. The standard InChI is InChI=1S/C19H21NO/c1-14-8-9-18(17(10-14)19(2,3)4)21-13-16-7-5-6-15(11-16)12-20/h5-11H,13H2,1-4H3. The van der Waals surface area contributed by atoms with Crippen LogP contribution < -0.4 is 4.74 Å². The maximum absolute atomic E-state index is 8.94. The van der Waals surface area contributed by atoms with Crippen molar-refractivity contribution in [3.63, 3.8) is 0 Å². The predicted octanol–water partition coefficient (Wildman–Crippen LogP) is 4.74. The molecule has 0 bridgehead atoms. The summed E-state index contributed by atoms with van der Waals surface area (Å²) < 4.78 is 5.99. The van der Waals surface area contributed by atoms with E-state index in [0.717, 1.165) is 11.3 Å². The molecule has 0 aromatic heterocycles. The fourth-order valence-electron chi connectivity index (χ4n) is 2.25. The maximum atomic E-state index is 8.94. The van der Waals surface area contributed by atoms with Gasteiger partial charge in [0.1, 0.15) is 12.4 Å². The van der Waals surface area contributed by atoms with Gasteiger partial charge in [-0.25, -0.2) is 0 Å². The molecule has 0 aliphatic carbocycles. The smallest absolute Gasteiger partial charge is 0.123 e. The molecular formula is C19H21NO. The molecule has 0 saturated carbocycles. The topological polar surface area (TPSA) is 33.0 Å². The monoisotopic (exact) mass is 279 g/mol. The minimum Gasteiger partial charge on any atom is -0.489 e. The van der Waals surface area contributed by atoms with Crippen molar-refractivity contribution in [2.75, 3.05) is 0 Å². The molecule has 0 N–H and O–H groups in total. The molecule has 2 aromatic carbocycles. The Kier molecular flexibility index (Phi) is 4.33. The first-order chi connectivity index (χ1) is 9.90. The third kappa shape index (κ3) is 3.86. The van der Waals surface area contributed by atoms with E-state index in [1.54, 1.807) is 6.07 Å². The van der Waals surface area contributed by atoms with Gasteiger partial charge in [0.2, 0.25) is 0 Å². The first-order valence-electron chi connectivity index (χ1n) is 7.13. The summed E-state index contributed by atoms with van der Waals surface area (Å²) in [5, 5.41) is 8.94. The Morgan fingerprint density at radius 3 is 2.52 bits per heavy atom. The van der Waals surface area contributed by atoms with Crippen molar-refractivity contribution in [1.29, 1.82) is 5.26 Å². The van der Waals surface area contributed by atoms with E-state index in [0.29, 0.717) is 12.2 Å². The first kappa shape index (κ1) is 15.1. The highest BCUT2D eigenvalue weighted by atomic mass is 16.5. The van der Waals surface area contributed by atoms with Gasteiger partial charge in [-0.05, 0) is 41.7 Å². The number of ether oxygens (including phenoxy) is 1. The third-order valence-corrected chi connectivity index (χ3v) is 3.39. The number of rotatable bonds is 3. The second kappa shape index (κ2) is 6.01. The Morgan fingerprint density at radius 1 is 1.10 bits per heavy atom. The second-order valence-corrected chi connectivity index (χ2v) is 6.35. The van der Waals surface area contributed by atoms with E-state index in [9.17, 15) is 0 Å². The molecule has 0 aliphatic heterocycles. The number of nitriles is 1. The normalized spacial score (nSPS) is 11.0. The van der Waals surface area contributed by atoms with Crippen LogP contribution in [0.5, 0.6) is 5.75 Å². The molecule has 0 atom stereocenters. The summed E-state index contributed by atoms with van der Waals surface area (Å²) in [4.78, 5) is 0. The second-order valence-electron chi connectivity index (χ2n) is 6.35. The van der Waals surface area contributed by atoms with Gasteiger partial charge in [0.25, 0.3) is 0 Å². The molecule has 2 heteroatoms. The minimum atomic E-state index is 0.0376. The van der Waals surface area contributed by atoms with Crippen LogP contribution in [0.25, 0.3) is 0 Å². The van der Waals surface area contributed by atoms with Crippen LogP contribution in [0, 0.1) is 18.3 Å². The molecule has 21 heavy (non-hydrogen) atoms.